The molecule has 0 aliphatic rings. The third-order valence-electron chi connectivity index (χ3n) is 3.43. The summed E-state index contributed by atoms with van der Waals surface area (Å²) in [6, 6.07) is 4.71. The topological polar surface area (TPSA) is 61.8 Å². The number of hydrogen-bond donors (Lipinski definition) is 2. The summed E-state index contributed by atoms with van der Waals surface area (Å²) in [5.74, 6) is 0.800. The van der Waals surface area contributed by atoms with E-state index in [-0.39, 0.29) is 23.7 Å². The minimum Gasteiger partial charge on any atom is -0.507 e. The van der Waals surface area contributed by atoms with Crippen molar-refractivity contribution in [2.24, 2.45) is 0 Å². The van der Waals surface area contributed by atoms with E-state index in [4.69, 9.17) is 4.74 Å². The van der Waals surface area contributed by atoms with Crippen LogP contribution in [0.2, 0.25) is 0 Å². The van der Waals surface area contributed by atoms with Gasteiger partial charge >= 0.3 is 0 Å². The van der Waals surface area contributed by atoms with Gasteiger partial charge in [-0.2, -0.15) is 0 Å². The molecule has 0 aliphatic heterocycles. The molecule has 1 rings (SSSR count). The molecule has 2 N–H and O–H groups in total. The van der Waals surface area contributed by atoms with Gasteiger partial charge in [0.15, 0.2) is 0 Å². The molecule has 0 fully saturated rings. The average molecular weight is 280 g/mol. The van der Waals surface area contributed by atoms with Gasteiger partial charge in [-0.05, 0) is 26.8 Å². The van der Waals surface area contributed by atoms with E-state index >= 15 is 0 Å². The van der Waals surface area contributed by atoms with Gasteiger partial charge in [-0.3, -0.25) is 10.1 Å². The van der Waals surface area contributed by atoms with Crippen molar-refractivity contribution >= 4 is 5.91 Å². The van der Waals surface area contributed by atoms with Crippen LogP contribution in [0, 0.1) is 0 Å². The number of amides is 1. The lowest BCUT2D eigenvalue weighted by atomic mass is 10.1. The number of nitrogens with one attached hydrogen (secondary N) is 1. The van der Waals surface area contributed by atoms with E-state index in [9.17, 15) is 9.90 Å². The summed E-state index contributed by atoms with van der Waals surface area (Å²) < 4.78 is 5.05. The van der Waals surface area contributed by atoms with E-state index in [2.05, 4.69) is 5.32 Å². The first kappa shape index (κ1) is 16.3. The molecule has 20 heavy (non-hydrogen) atoms. The van der Waals surface area contributed by atoms with Crippen molar-refractivity contribution in [3.8, 4) is 11.5 Å². The summed E-state index contributed by atoms with van der Waals surface area (Å²) in [7, 11) is 3.33. The van der Waals surface area contributed by atoms with Gasteiger partial charge in [0.1, 0.15) is 11.5 Å². The van der Waals surface area contributed by atoms with Crippen LogP contribution in [0.15, 0.2) is 18.2 Å². The van der Waals surface area contributed by atoms with E-state index in [0.29, 0.717) is 12.3 Å². The van der Waals surface area contributed by atoms with E-state index < -0.39 is 0 Å². The van der Waals surface area contributed by atoms with Gasteiger partial charge < -0.3 is 14.7 Å². The summed E-state index contributed by atoms with van der Waals surface area (Å²) in [5.41, 5.74) is 0.740. The number of phenols is 1. The Bertz CT molecular complexity index is 462. The minimum atomic E-state index is -0.309. The zero-order valence-electron chi connectivity index (χ0n) is 12.8. The Labute approximate surface area is 120 Å². The monoisotopic (exact) mass is 280 g/mol. The molecule has 0 bridgehead atoms. The van der Waals surface area contributed by atoms with Crippen molar-refractivity contribution < 1.29 is 14.6 Å². The molecule has 0 saturated carbocycles. The molecule has 1 aromatic carbocycles. The lowest BCUT2D eigenvalue weighted by Crippen LogP contribution is -2.43. The lowest BCUT2D eigenvalue weighted by Gasteiger charge is -2.24. The Hall–Kier alpha value is -1.75. The Morgan fingerprint density at radius 3 is 2.60 bits per heavy atom. The molecule has 2 atom stereocenters. The quantitative estimate of drug-likeness (QED) is 0.835. The highest BCUT2D eigenvalue weighted by molar-refractivity contribution is 5.81. The first-order chi connectivity index (χ1) is 9.40. The van der Waals surface area contributed by atoms with Gasteiger partial charge in [0.2, 0.25) is 5.91 Å². The van der Waals surface area contributed by atoms with Crippen molar-refractivity contribution in [1.29, 1.82) is 0 Å². The number of nitrogens with zero attached hydrogens (tertiary/aromatic N) is 1. The van der Waals surface area contributed by atoms with E-state index in [1.165, 1.54) is 0 Å². The van der Waals surface area contributed by atoms with Crippen LogP contribution < -0.4 is 10.1 Å². The highest BCUT2D eigenvalue weighted by Crippen LogP contribution is 2.28. The first-order valence-corrected chi connectivity index (χ1v) is 6.78. The molecule has 1 amide bonds. The van der Waals surface area contributed by atoms with Gasteiger partial charge in [-0.1, -0.05) is 6.07 Å². The zero-order chi connectivity index (χ0) is 15.3. The van der Waals surface area contributed by atoms with Crippen LogP contribution in [-0.2, 0) is 4.79 Å². The molecule has 0 saturated heterocycles. The molecule has 112 valence electrons. The number of rotatable bonds is 6. The summed E-state index contributed by atoms with van der Waals surface area (Å²) in [6.45, 7) is 6.35. The highest BCUT2D eigenvalue weighted by atomic mass is 16.5. The maximum absolute atomic E-state index is 12.0. The SMILES string of the molecule is CCN(C)C(=O)C(C)NC(C)c1ccc(OC)cc1O. The summed E-state index contributed by atoms with van der Waals surface area (Å²) in [6.07, 6.45) is 0. The molecule has 0 spiro atoms. The lowest BCUT2D eigenvalue weighted by molar-refractivity contribution is -0.131. The number of methoxy groups -OCH3 is 1. The molecular formula is C15H24N2O3. The largest absolute Gasteiger partial charge is 0.507 e. The molecular weight excluding hydrogens is 256 g/mol. The van der Waals surface area contributed by atoms with Crippen LogP contribution in [0.3, 0.4) is 0 Å². The number of ether oxygens (including phenoxy) is 1. The Balaban J connectivity index is 2.76. The van der Waals surface area contributed by atoms with E-state index in [0.717, 1.165) is 5.56 Å². The van der Waals surface area contributed by atoms with Crippen molar-refractivity contribution in [2.45, 2.75) is 32.9 Å². The van der Waals surface area contributed by atoms with Crippen molar-refractivity contribution in [1.82, 2.24) is 10.2 Å². The normalized spacial score (nSPS) is 13.7. The zero-order valence-corrected chi connectivity index (χ0v) is 12.8. The average Bonchev–Trinajstić information content (AvgIpc) is 2.44. The fourth-order valence-corrected chi connectivity index (χ4v) is 2.04. The molecule has 0 aliphatic carbocycles. The van der Waals surface area contributed by atoms with Crippen LogP contribution in [-0.4, -0.2) is 42.7 Å². The summed E-state index contributed by atoms with van der Waals surface area (Å²) in [4.78, 5) is 13.7. The molecule has 0 heterocycles. The number of likely N-dealkylation sites (N-methyl/N-ethyl adjacent to an activating group) is 1. The standard InChI is InChI=1S/C15H24N2O3/c1-6-17(4)15(19)11(3)16-10(2)13-8-7-12(20-5)9-14(13)18/h7-11,16,18H,6H2,1-5H3. The predicted molar refractivity (Wildman–Crippen MR) is 79.0 cm³/mol. The molecule has 5 heteroatoms. The van der Waals surface area contributed by atoms with Crippen LogP contribution in [0.1, 0.15) is 32.4 Å². The maximum Gasteiger partial charge on any atom is 0.239 e. The van der Waals surface area contributed by atoms with Gasteiger partial charge in [-0.15, -0.1) is 0 Å². The van der Waals surface area contributed by atoms with Crippen molar-refractivity contribution in [3.63, 3.8) is 0 Å². The van der Waals surface area contributed by atoms with Crippen LogP contribution in [0.25, 0.3) is 0 Å². The smallest absolute Gasteiger partial charge is 0.239 e. The first-order valence-electron chi connectivity index (χ1n) is 6.78. The molecule has 1 aromatic rings. The van der Waals surface area contributed by atoms with Gasteiger partial charge in [0.05, 0.1) is 13.2 Å². The predicted octanol–water partition coefficient (Wildman–Crippen LogP) is 1.92. The maximum atomic E-state index is 12.0. The second kappa shape index (κ2) is 7.14. The second-order valence-corrected chi connectivity index (χ2v) is 4.89. The molecule has 0 radical (unpaired) electrons. The van der Waals surface area contributed by atoms with Gasteiger partial charge in [-0.25, -0.2) is 0 Å². The minimum absolute atomic E-state index is 0.0346. The highest BCUT2D eigenvalue weighted by Gasteiger charge is 2.20. The van der Waals surface area contributed by atoms with Gasteiger partial charge in [0, 0.05) is 31.3 Å². The Morgan fingerprint density at radius 1 is 1.45 bits per heavy atom. The van der Waals surface area contributed by atoms with Crippen LogP contribution >= 0.6 is 0 Å². The number of phenolic OH excluding ortho intramolecular Hbond substituents is 1. The summed E-state index contributed by atoms with van der Waals surface area (Å²) in [5, 5.41) is 13.2. The number of aromatic hydroxyl groups is 1. The van der Waals surface area contributed by atoms with Crippen molar-refractivity contribution in [2.75, 3.05) is 20.7 Å². The van der Waals surface area contributed by atoms with E-state index in [1.54, 1.807) is 37.3 Å². The Kier molecular flexibility index (Phi) is 5.82. The molecule has 0 aromatic heterocycles. The number of carbonyl (C=O) groups excluding carboxylic acids is 1. The number of carbonyl (C=O) groups is 1. The second-order valence-electron chi connectivity index (χ2n) is 4.89. The fraction of sp³-hybridized carbons (Fsp3) is 0.533. The van der Waals surface area contributed by atoms with Crippen LogP contribution in [0.4, 0.5) is 0 Å². The summed E-state index contributed by atoms with van der Waals surface area (Å²) >= 11 is 0. The van der Waals surface area contributed by atoms with Crippen molar-refractivity contribution in [3.05, 3.63) is 23.8 Å². The molecule has 5 nitrogen and oxygen atoms in total. The van der Waals surface area contributed by atoms with E-state index in [1.807, 2.05) is 20.8 Å². The number of hydrogen-bond acceptors (Lipinski definition) is 4. The fourth-order valence-electron chi connectivity index (χ4n) is 2.04. The molecule has 2 unspecified atom stereocenters. The third-order valence-corrected chi connectivity index (χ3v) is 3.43. The third kappa shape index (κ3) is 3.87. The van der Waals surface area contributed by atoms with Crippen LogP contribution in [0.5, 0.6) is 11.5 Å². The van der Waals surface area contributed by atoms with Gasteiger partial charge in [0.25, 0.3) is 0 Å². The Morgan fingerprint density at radius 2 is 2.10 bits per heavy atom. The number of benzene rings is 1.